The minimum Gasteiger partial charge on any atom is -0.395 e. The Morgan fingerprint density at radius 2 is 1.87 bits per heavy atom. The molecule has 3 N–H and O–H groups in total. The fourth-order valence-corrected chi connectivity index (χ4v) is 4.01. The van der Waals surface area contributed by atoms with E-state index in [1.165, 1.54) is 28.9 Å². The molecule has 0 unspecified atom stereocenters. The number of aromatic nitrogens is 4. The van der Waals surface area contributed by atoms with E-state index in [0.29, 0.717) is 18.4 Å². The van der Waals surface area contributed by atoms with Crippen LogP contribution in [0, 0.1) is 17.6 Å². The van der Waals surface area contributed by atoms with Crippen LogP contribution in [0.3, 0.4) is 0 Å². The van der Waals surface area contributed by atoms with Crippen LogP contribution in [0.5, 0.6) is 0 Å². The molecule has 1 aromatic carbocycles. The van der Waals surface area contributed by atoms with Gasteiger partial charge in [-0.05, 0) is 50.3 Å². The summed E-state index contributed by atoms with van der Waals surface area (Å²) < 4.78 is 30.1. The fourth-order valence-electron chi connectivity index (χ4n) is 3.85. The zero-order valence-corrected chi connectivity index (χ0v) is 17.0. The number of hydrogen-bond donors (Lipinski definition) is 3. The standard InChI is InChI=1S/C20H23ClF2N6O/c21-14-11-25-29-19(14)27-18(17-15(22)2-1-3-16(17)23)28-20(29)26-13-6-4-12(5-7-13)10-24-8-9-30/h1-3,11-13,24,30H,4-10H2,(H,26,27,28). The first-order valence-electron chi connectivity index (χ1n) is 10.0. The van der Waals surface area contributed by atoms with E-state index in [1.54, 1.807) is 0 Å². The molecular formula is C20H23ClF2N6O. The Hall–Kier alpha value is -2.36. The van der Waals surface area contributed by atoms with Gasteiger partial charge in [0.15, 0.2) is 11.5 Å². The molecule has 0 radical (unpaired) electrons. The average Bonchev–Trinajstić information content (AvgIpc) is 3.11. The molecule has 4 rings (SSSR count). The molecule has 1 aliphatic carbocycles. The summed E-state index contributed by atoms with van der Waals surface area (Å²) in [4.78, 5) is 8.62. The van der Waals surface area contributed by atoms with Crippen LogP contribution in [0.1, 0.15) is 25.7 Å². The minimum absolute atomic E-state index is 0.0788. The monoisotopic (exact) mass is 436 g/mol. The van der Waals surface area contributed by atoms with Crippen molar-refractivity contribution in [2.75, 3.05) is 25.0 Å². The molecule has 7 nitrogen and oxygen atoms in total. The summed E-state index contributed by atoms with van der Waals surface area (Å²) in [6, 6.07) is 3.79. The number of halogens is 3. The molecule has 0 atom stereocenters. The second kappa shape index (κ2) is 9.20. The van der Waals surface area contributed by atoms with Gasteiger partial charge in [0.05, 0.1) is 18.4 Å². The van der Waals surface area contributed by atoms with Crippen molar-refractivity contribution < 1.29 is 13.9 Å². The van der Waals surface area contributed by atoms with Crippen molar-refractivity contribution >= 4 is 23.2 Å². The lowest BCUT2D eigenvalue weighted by molar-refractivity contribution is 0.275. The molecule has 30 heavy (non-hydrogen) atoms. The molecule has 0 saturated heterocycles. The highest BCUT2D eigenvalue weighted by Gasteiger charge is 2.24. The number of fused-ring (bicyclic) bond motifs is 1. The third-order valence-corrected chi connectivity index (χ3v) is 5.68. The number of hydrogen-bond acceptors (Lipinski definition) is 6. The van der Waals surface area contributed by atoms with Gasteiger partial charge in [0.25, 0.3) is 0 Å². The summed E-state index contributed by atoms with van der Waals surface area (Å²) >= 11 is 6.19. The van der Waals surface area contributed by atoms with Gasteiger partial charge in [-0.15, -0.1) is 0 Å². The van der Waals surface area contributed by atoms with Crippen LogP contribution in [0.4, 0.5) is 14.7 Å². The van der Waals surface area contributed by atoms with E-state index in [2.05, 4.69) is 25.7 Å². The second-order valence-electron chi connectivity index (χ2n) is 7.49. The molecule has 1 saturated carbocycles. The maximum Gasteiger partial charge on any atom is 0.228 e. The number of nitrogens with one attached hydrogen (secondary N) is 2. The second-order valence-corrected chi connectivity index (χ2v) is 7.89. The Labute approximate surface area is 177 Å². The van der Waals surface area contributed by atoms with E-state index in [0.717, 1.165) is 32.2 Å². The lowest BCUT2D eigenvalue weighted by atomic mass is 9.86. The van der Waals surface area contributed by atoms with Crippen molar-refractivity contribution in [1.82, 2.24) is 24.9 Å². The number of aliphatic hydroxyl groups is 1. The molecular weight excluding hydrogens is 414 g/mol. The highest BCUT2D eigenvalue weighted by molar-refractivity contribution is 6.33. The number of aliphatic hydroxyl groups excluding tert-OH is 1. The van der Waals surface area contributed by atoms with E-state index >= 15 is 0 Å². The predicted octanol–water partition coefficient (Wildman–Crippen LogP) is 3.28. The normalized spacial score (nSPS) is 19.3. The molecule has 0 bridgehead atoms. The van der Waals surface area contributed by atoms with Crippen molar-refractivity contribution in [3.8, 4) is 11.4 Å². The minimum atomic E-state index is -0.739. The third kappa shape index (κ3) is 4.38. The van der Waals surface area contributed by atoms with Gasteiger partial charge in [-0.25, -0.2) is 13.8 Å². The molecule has 0 amide bonds. The molecule has 0 spiro atoms. The zero-order chi connectivity index (χ0) is 21.1. The van der Waals surface area contributed by atoms with Gasteiger partial charge in [0.1, 0.15) is 16.7 Å². The summed E-state index contributed by atoms with van der Waals surface area (Å²) in [5.41, 5.74) is -0.00677. The van der Waals surface area contributed by atoms with Crippen molar-refractivity contribution in [2.45, 2.75) is 31.7 Å². The van der Waals surface area contributed by atoms with E-state index in [9.17, 15) is 8.78 Å². The summed E-state index contributed by atoms with van der Waals surface area (Å²) in [6.45, 7) is 1.63. The Morgan fingerprint density at radius 1 is 1.13 bits per heavy atom. The highest BCUT2D eigenvalue weighted by Crippen LogP contribution is 2.29. The maximum absolute atomic E-state index is 14.3. The van der Waals surface area contributed by atoms with E-state index in [-0.39, 0.29) is 34.7 Å². The fraction of sp³-hybridized carbons (Fsp3) is 0.450. The number of nitrogens with zero attached hydrogens (tertiary/aromatic N) is 4. The maximum atomic E-state index is 14.3. The Balaban J connectivity index is 1.57. The van der Waals surface area contributed by atoms with Gasteiger partial charge in [0.2, 0.25) is 5.95 Å². The third-order valence-electron chi connectivity index (χ3n) is 5.41. The first-order valence-corrected chi connectivity index (χ1v) is 10.4. The SMILES string of the molecule is OCCNCC1CCC(Nc2nc(-c3c(F)cccc3F)nc3c(Cl)cnn23)CC1. The predicted molar refractivity (Wildman–Crippen MR) is 110 cm³/mol. The number of benzene rings is 1. The molecule has 2 aromatic heterocycles. The topological polar surface area (TPSA) is 87.4 Å². The van der Waals surface area contributed by atoms with Crippen LogP contribution in [0.25, 0.3) is 17.0 Å². The average molecular weight is 437 g/mol. The smallest absolute Gasteiger partial charge is 0.228 e. The molecule has 2 heterocycles. The molecule has 160 valence electrons. The van der Waals surface area contributed by atoms with E-state index in [4.69, 9.17) is 16.7 Å². The van der Waals surface area contributed by atoms with Gasteiger partial charge in [0, 0.05) is 12.6 Å². The van der Waals surface area contributed by atoms with Crippen LogP contribution in [0.2, 0.25) is 5.02 Å². The Morgan fingerprint density at radius 3 is 2.57 bits per heavy atom. The molecule has 1 aliphatic rings. The van der Waals surface area contributed by atoms with Gasteiger partial charge in [-0.1, -0.05) is 17.7 Å². The zero-order valence-electron chi connectivity index (χ0n) is 16.3. The van der Waals surface area contributed by atoms with Gasteiger partial charge in [-0.2, -0.15) is 14.6 Å². The van der Waals surface area contributed by atoms with Gasteiger partial charge in [-0.3, -0.25) is 0 Å². The van der Waals surface area contributed by atoms with Crippen LogP contribution >= 0.6 is 11.6 Å². The largest absolute Gasteiger partial charge is 0.395 e. The highest BCUT2D eigenvalue weighted by atomic mass is 35.5. The van der Waals surface area contributed by atoms with Crippen molar-refractivity contribution in [2.24, 2.45) is 5.92 Å². The van der Waals surface area contributed by atoms with Gasteiger partial charge >= 0.3 is 0 Å². The van der Waals surface area contributed by atoms with Crippen molar-refractivity contribution in [3.63, 3.8) is 0 Å². The van der Waals surface area contributed by atoms with E-state index < -0.39 is 11.6 Å². The van der Waals surface area contributed by atoms with Crippen LogP contribution in [-0.2, 0) is 0 Å². The first kappa shape index (κ1) is 20.9. The summed E-state index contributed by atoms with van der Waals surface area (Å²) in [7, 11) is 0. The summed E-state index contributed by atoms with van der Waals surface area (Å²) in [5, 5.41) is 20.0. The lowest BCUT2D eigenvalue weighted by Crippen LogP contribution is -2.33. The van der Waals surface area contributed by atoms with Crippen LogP contribution in [0.15, 0.2) is 24.4 Å². The number of rotatable bonds is 7. The summed E-state index contributed by atoms with van der Waals surface area (Å²) in [5.74, 6) is -0.646. The van der Waals surface area contributed by atoms with E-state index in [1.807, 2.05) is 0 Å². The summed E-state index contributed by atoms with van der Waals surface area (Å²) in [6.07, 6.45) is 5.34. The Bertz CT molecular complexity index is 1000. The Kier molecular flexibility index (Phi) is 6.40. The van der Waals surface area contributed by atoms with Crippen LogP contribution < -0.4 is 10.6 Å². The molecule has 0 aliphatic heterocycles. The molecule has 3 aromatic rings. The first-order chi connectivity index (χ1) is 14.6. The quantitative estimate of drug-likeness (QED) is 0.493. The van der Waals surface area contributed by atoms with Crippen molar-refractivity contribution in [1.29, 1.82) is 0 Å². The molecule has 10 heteroatoms. The van der Waals surface area contributed by atoms with Crippen molar-refractivity contribution in [3.05, 3.63) is 41.1 Å². The van der Waals surface area contributed by atoms with Crippen LogP contribution in [-0.4, -0.2) is 50.4 Å². The van der Waals surface area contributed by atoms with Gasteiger partial charge < -0.3 is 15.7 Å². The number of anilines is 1. The molecule has 1 fully saturated rings. The lowest BCUT2D eigenvalue weighted by Gasteiger charge is -2.29.